The van der Waals surface area contributed by atoms with Gasteiger partial charge in [0.05, 0.1) is 0 Å². The number of likely N-dealkylation sites (tertiary alicyclic amines) is 2. The van der Waals surface area contributed by atoms with Crippen LogP contribution in [0.5, 0.6) is 0 Å². The minimum atomic E-state index is 0.217. The van der Waals surface area contributed by atoms with Gasteiger partial charge in [-0.15, -0.1) is 0 Å². The Hall–Kier alpha value is -0.610. The van der Waals surface area contributed by atoms with E-state index in [9.17, 15) is 4.79 Å². The molecular formula is C19H37N3O. The van der Waals surface area contributed by atoms with E-state index < -0.39 is 0 Å². The van der Waals surface area contributed by atoms with Crippen molar-refractivity contribution in [3.63, 3.8) is 0 Å². The molecule has 134 valence electrons. The molecule has 4 nitrogen and oxygen atoms in total. The van der Waals surface area contributed by atoms with Crippen molar-refractivity contribution >= 4 is 5.91 Å². The van der Waals surface area contributed by atoms with Gasteiger partial charge in [-0.1, -0.05) is 0 Å². The lowest BCUT2D eigenvalue weighted by Gasteiger charge is -2.42. The summed E-state index contributed by atoms with van der Waals surface area (Å²) in [7, 11) is 0. The fourth-order valence-corrected chi connectivity index (χ4v) is 3.83. The summed E-state index contributed by atoms with van der Waals surface area (Å²) in [4.78, 5) is 17.6. The van der Waals surface area contributed by atoms with Gasteiger partial charge in [-0.05, 0) is 80.3 Å². The van der Waals surface area contributed by atoms with Gasteiger partial charge in [0.2, 0.25) is 5.91 Å². The van der Waals surface area contributed by atoms with Gasteiger partial charge >= 0.3 is 0 Å². The summed E-state index contributed by atoms with van der Waals surface area (Å²) in [5, 5.41) is 3.33. The summed E-state index contributed by atoms with van der Waals surface area (Å²) in [5.41, 5.74) is 0.468. The van der Waals surface area contributed by atoms with Crippen LogP contribution in [-0.4, -0.2) is 59.0 Å². The van der Waals surface area contributed by atoms with Gasteiger partial charge in [-0.3, -0.25) is 14.6 Å². The maximum Gasteiger partial charge on any atom is 0.223 e. The molecule has 4 heteroatoms. The Morgan fingerprint density at radius 3 is 1.57 bits per heavy atom. The highest BCUT2D eigenvalue weighted by Crippen LogP contribution is 2.25. The van der Waals surface area contributed by atoms with Crippen molar-refractivity contribution in [2.45, 2.75) is 84.3 Å². The third-order valence-electron chi connectivity index (χ3n) is 5.60. The molecule has 1 N–H and O–H groups in total. The summed E-state index contributed by atoms with van der Waals surface area (Å²) in [6, 6.07) is 0.377. The predicted octanol–water partition coefficient (Wildman–Crippen LogP) is 2.88. The van der Waals surface area contributed by atoms with E-state index in [1.54, 1.807) is 0 Å². The van der Waals surface area contributed by atoms with Gasteiger partial charge in [-0.25, -0.2) is 0 Å². The molecule has 0 aromatic heterocycles. The Balaban J connectivity index is 1.74. The average molecular weight is 324 g/mol. The van der Waals surface area contributed by atoms with Crippen LogP contribution in [0.2, 0.25) is 0 Å². The van der Waals surface area contributed by atoms with Crippen LogP contribution >= 0.6 is 0 Å². The Morgan fingerprint density at radius 1 is 0.783 bits per heavy atom. The van der Waals surface area contributed by atoms with Gasteiger partial charge in [0.15, 0.2) is 0 Å². The Kier molecular flexibility index (Phi) is 5.78. The second kappa shape index (κ2) is 7.10. The fourth-order valence-electron chi connectivity index (χ4n) is 3.83. The first-order chi connectivity index (χ1) is 10.6. The Bertz CT molecular complexity index is 392. The van der Waals surface area contributed by atoms with E-state index in [2.05, 4.69) is 56.7 Å². The molecule has 2 aliphatic heterocycles. The number of carbonyl (C=O) groups is 1. The third-order valence-corrected chi connectivity index (χ3v) is 5.60. The third kappa shape index (κ3) is 5.18. The van der Waals surface area contributed by atoms with Crippen molar-refractivity contribution in [3.8, 4) is 0 Å². The quantitative estimate of drug-likeness (QED) is 0.849. The molecular weight excluding hydrogens is 286 g/mol. The van der Waals surface area contributed by atoms with Crippen LogP contribution in [0.1, 0.15) is 67.2 Å². The Labute approximate surface area is 143 Å². The van der Waals surface area contributed by atoms with Crippen molar-refractivity contribution in [1.82, 2.24) is 15.1 Å². The zero-order chi connectivity index (χ0) is 17.3. The molecule has 2 rings (SSSR count). The van der Waals surface area contributed by atoms with Gasteiger partial charge in [0.25, 0.3) is 0 Å². The molecule has 0 spiro atoms. The topological polar surface area (TPSA) is 35.6 Å². The molecule has 2 heterocycles. The summed E-state index contributed by atoms with van der Waals surface area (Å²) in [6.07, 6.45) is 4.18. The smallest absolute Gasteiger partial charge is 0.223 e. The highest BCUT2D eigenvalue weighted by atomic mass is 16.1. The van der Waals surface area contributed by atoms with E-state index in [1.807, 2.05) is 0 Å². The van der Waals surface area contributed by atoms with E-state index in [4.69, 9.17) is 0 Å². The molecule has 0 aliphatic carbocycles. The second-order valence-corrected chi connectivity index (χ2v) is 9.37. The zero-order valence-corrected chi connectivity index (χ0v) is 16.1. The molecule has 0 aromatic rings. The summed E-state index contributed by atoms with van der Waals surface area (Å²) < 4.78 is 0. The molecule has 2 aliphatic rings. The van der Waals surface area contributed by atoms with Crippen molar-refractivity contribution < 1.29 is 4.79 Å². The minimum absolute atomic E-state index is 0.217. The van der Waals surface area contributed by atoms with Crippen molar-refractivity contribution in [3.05, 3.63) is 0 Å². The van der Waals surface area contributed by atoms with Crippen LogP contribution < -0.4 is 5.32 Å². The van der Waals surface area contributed by atoms with E-state index >= 15 is 0 Å². The number of piperidine rings is 2. The van der Waals surface area contributed by atoms with Gasteiger partial charge in [0.1, 0.15) is 0 Å². The molecule has 0 bridgehead atoms. The van der Waals surface area contributed by atoms with Crippen LogP contribution in [0.3, 0.4) is 0 Å². The maximum atomic E-state index is 12.6. The number of hydrogen-bond donors (Lipinski definition) is 1. The predicted molar refractivity (Wildman–Crippen MR) is 96.5 cm³/mol. The number of hydrogen-bond acceptors (Lipinski definition) is 3. The van der Waals surface area contributed by atoms with E-state index in [1.165, 1.54) is 0 Å². The number of nitrogens with one attached hydrogen (secondary N) is 1. The van der Waals surface area contributed by atoms with Crippen LogP contribution in [0.4, 0.5) is 0 Å². The van der Waals surface area contributed by atoms with E-state index in [-0.39, 0.29) is 17.0 Å². The number of amides is 1. The number of nitrogens with zero attached hydrogens (tertiary/aromatic N) is 2. The van der Waals surface area contributed by atoms with Crippen LogP contribution in [-0.2, 0) is 4.79 Å². The lowest BCUT2D eigenvalue weighted by molar-refractivity contribution is -0.128. The number of carbonyl (C=O) groups excluding carboxylic acids is 1. The largest absolute Gasteiger partial charge is 0.353 e. The average Bonchev–Trinajstić information content (AvgIpc) is 2.46. The first-order valence-electron chi connectivity index (χ1n) is 9.38. The van der Waals surface area contributed by atoms with Crippen LogP contribution in [0.15, 0.2) is 0 Å². The van der Waals surface area contributed by atoms with Gasteiger partial charge < -0.3 is 5.32 Å². The lowest BCUT2D eigenvalue weighted by Crippen LogP contribution is -2.53. The van der Waals surface area contributed by atoms with Gasteiger partial charge in [0, 0.05) is 36.1 Å². The van der Waals surface area contributed by atoms with Crippen molar-refractivity contribution in [1.29, 1.82) is 0 Å². The summed E-state index contributed by atoms with van der Waals surface area (Å²) in [6.45, 7) is 17.9. The van der Waals surface area contributed by atoms with Crippen LogP contribution in [0, 0.1) is 5.92 Å². The molecule has 2 saturated heterocycles. The highest BCUT2D eigenvalue weighted by molar-refractivity contribution is 5.79. The summed E-state index contributed by atoms with van der Waals surface area (Å²) >= 11 is 0. The molecule has 0 radical (unpaired) electrons. The van der Waals surface area contributed by atoms with E-state index in [0.29, 0.717) is 11.9 Å². The zero-order valence-electron chi connectivity index (χ0n) is 16.1. The maximum absolute atomic E-state index is 12.6. The summed E-state index contributed by atoms with van der Waals surface area (Å²) in [5.74, 6) is 0.516. The molecule has 0 unspecified atom stereocenters. The first kappa shape index (κ1) is 18.7. The number of rotatable bonds is 2. The standard InChI is InChI=1S/C19H37N3O/c1-18(2,3)21-11-7-15(8-12-21)17(23)20-16-9-13-22(14-10-16)19(4,5)6/h15-16H,7-14H2,1-6H3,(H,20,23). The van der Waals surface area contributed by atoms with Gasteiger partial charge in [-0.2, -0.15) is 0 Å². The minimum Gasteiger partial charge on any atom is -0.353 e. The molecule has 1 amide bonds. The SMILES string of the molecule is CC(C)(C)N1CCC(NC(=O)C2CCN(C(C)(C)C)CC2)CC1. The Morgan fingerprint density at radius 2 is 1.17 bits per heavy atom. The fraction of sp³-hybridized carbons (Fsp3) is 0.947. The van der Waals surface area contributed by atoms with E-state index in [0.717, 1.165) is 51.9 Å². The monoisotopic (exact) mass is 323 g/mol. The highest BCUT2D eigenvalue weighted by Gasteiger charge is 2.32. The van der Waals surface area contributed by atoms with Crippen LogP contribution in [0.25, 0.3) is 0 Å². The molecule has 2 fully saturated rings. The molecule has 23 heavy (non-hydrogen) atoms. The molecule has 0 aromatic carbocycles. The van der Waals surface area contributed by atoms with Crippen molar-refractivity contribution in [2.75, 3.05) is 26.2 Å². The molecule has 0 saturated carbocycles. The first-order valence-corrected chi connectivity index (χ1v) is 9.38. The van der Waals surface area contributed by atoms with Crippen molar-refractivity contribution in [2.24, 2.45) is 5.92 Å². The molecule has 0 atom stereocenters. The lowest BCUT2D eigenvalue weighted by atomic mass is 9.91. The normalized spacial score (nSPS) is 23.9. The second-order valence-electron chi connectivity index (χ2n) is 9.37.